The molecule has 1 aliphatic rings. The van der Waals surface area contributed by atoms with Gasteiger partial charge in [0.2, 0.25) is 5.91 Å². The molecule has 4 rings (SSSR count). The monoisotopic (exact) mass is 474 g/mol. The lowest BCUT2D eigenvalue weighted by Gasteiger charge is -2.23. The normalized spacial score (nSPS) is 18.0. The van der Waals surface area contributed by atoms with Crippen molar-refractivity contribution in [2.75, 3.05) is 13.7 Å². The molecule has 1 saturated heterocycles. The zero-order chi connectivity index (χ0) is 25.1. The van der Waals surface area contributed by atoms with E-state index in [1.165, 1.54) is 23.8 Å². The van der Waals surface area contributed by atoms with Gasteiger partial charge in [0.1, 0.15) is 6.04 Å². The van der Waals surface area contributed by atoms with Crippen LogP contribution in [-0.4, -0.2) is 52.3 Å². The van der Waals surface area contributed by atoms with Crippen molar-refractivity contribution in [3.05, 3.63) is 82.2 Å². The van der Waals surface area contributed by atoms with Crippen molar-refractivity contribution in [3.8, 4) is 5.69 Å². The Morgan fingerprint density at radius 1 is 1.09 bits per heavy atom. The predicted octanol–water partition coefficient (Wildman–Crippen LogP) is 3.58. The maximum Gasteiger partial charge on any atom is 0.323 e. The Morgan fingerprint density at radius 2 is 1.83 bits per heavy atom. The van der Waals surface area contributed by atoms with Crippen LogP contribution >= 0.6 is 0 Å². The lowest BCUT2D eigenvalue weighted by atomic mass is 10.0. The molecule has 1 aromatic heterocycles. The number of aryl methyl sites for hydroxylation is 3. The van der Waals surface area contributed by atoms with Crippen LogP contribution in [0.15, 0.2) is 48.5 Å². The number of carbonyl (C=O) groups is 2. The lowest BCUT2D eigenvalue weighted by molar-refractivity contribution is -0.146. The molecule has 0 bridgehead atoms. The molecule has 0 unspecified atom stereocenters. The van der Waals surface area contributed by atoms with Crippen molar-refractivity contribution in [1.82, 2.24) is 20.0 Å². The van der Waals surface area contributed by atoms with E-state index in [1.807, 2.05) is 48.9 Å². The van der Waals surface area contributed by atoms with E-state index in [0.717, 1.165) is 22.6 Å². The molecule has 0 radical (unpaired) electrons. The summed E-state index contributed by atoms with van der Waals surface area (Å²) in [5, 5.41) is 7.81. The van der Waals surface area contributed by atoms with Crippen LogP contribution in [0.5, 0.6) is 0 Å². The first-order valence-electron chi connectivity index (χ1n) is 12.0. The number of rotatable bonds is 7. The van der Waals surface area contributed by atoms with Gasteiger partial charge in [-0.3, -0.25) is 14.5 Å². The third-order valence-electron chi connectivity index (χ3n) is 6.90. The molecule has 184 valence electrons. The van der Waals surface area contributed by atoms with Crippen LogP contribution in [0, 0.1) is 27.7 Å². The van der Waals surface area contributed by atoms with Gasteiger partial charge in [0.15, 0.2) is 0 Å². The Morgan fingerprint density at radius 3 is 2.54 bits per heavy atom. The topological polar surface area (TPSA) is 76.5 Å². The number of benzene rings is 2. The average Bonchev–Trinajstić information content (AvgIpc) is 3.36. The molecule has 2 atom stereocenters. The summed E-state index contributed by atoms with van der Waals surface area (Å²) in [4.78, 5) is 27.7. The van der Waals surface area contributed by atoms with Gasteiger partial charge in [0, 0.05) is 30.4 Å². The van der Waals surface area contributed by atoms with E-state index in [-0.39, 0.29) is 30.4 Å². The van der Waals surface area contributed by atoms with Crippen molar-refractivity contribution in [3.63, 3.8) is 0 Å². The number of hydrogen-bond donors (Lipinski definition) is 1. The third kappa shape index (κ3) is 5.46. The molecule has 7 heteroatoms. The number of likely N-dealkylation sites (tertiary alicyclic amines) is 1. The molecule has 0 spiro atoms. The molecule has 3 aromatic rings. The predicted molar refractivity (Wildman–Crippen MR) is 135 cm³/mol. The number of esters is 1. The van der Waals surface area contributed by atoms with Crippen LogP contribution < -0.4 is 5.32 Å². The van der Waals surface area contributed by atoms with Crippen molar-refractivity contribution in [1.29, 1.82) is 0 Å². The average molecular weight is 475 g/mol. The Kier molecular flexibility index (Phi) is 7.36. The number of amides is 1. The summed E-state index contributed by atoms with van der Waals surface area (Å²) in [5.74, 6) is -0.325. The Bertz CT molecular complexity index is 1220. The zero-order valence-corrected chi connectivity index (χ0v) is 21.2. The summed E-state index contributed by atoms with van der Waals surface area (Å²) in [7, 11) is 1.42. The second-order valence-electron chi connectivity index (χ2n) is 9.47. The van der Waals surface area contributed by atoms with Gasteiger partial charge in [-0.05, 0) is 57.4 Å². The van der Waals surface area contributed by atoms with Gasteiger partial charge in [-0.1, -0.05) is 42.0 Å². The molecular formula is C28H34N4O3. The minimum Gasteiger partial charge on any atom is -0.468 e. The van der Waals surface area contributed by atoms with Crippen LogP contribution in [0.2, 0.25) is 0 Å². The standard InChI is InChI=1S/C28H34N4O3/c1-18-11-12-19(2)22(13-18)16-31-17-23(14-26(31)28(34)35-5)29-27(33)15-25-20(3)30-32(21(25)4)24-9-7-6-8-10-24/h6-13,23,26H,14-17H2,1-5H3,(H,29,33)/t23-,26-/m0/s1. The number of nitrogens with zero attached hydrogens (tertiary/aromatic N) is 3. The smallest absolute Gasteiger partial charge is 0.323 e. The Balaban J connectivity index is 1.45. The number of ether oxygens (including phenoxy) is 1. The fourth-order valence-corrected chi connectivity index (χ4v) is 4.94. The fourth-order valence-electron chi connectivity index (χ4n) is 4.94. The molecule has 7 nitrogen and oxygen atoms in total. The van der Waals surface area contributed by atoms with Gasteiger partial charge in [0.05, 0.1) is 24.9 Å². The maximum atomic E-state index is 13.0. The van der Waals surface area contributed by atoms with E-state index in [2.05, 4.69) is 47.4 Å². The summed E-state index contributed by atoms with van der Waals surface area (Å²) < 4.78 is 6.96. The molecule has 1 N–H and O–H groups in total. The molecular weight excluding hydrogens is 440 g/mol. The highest BCUT2D eigenvalue weighted by Gasteiger charge is 2.38. The fraction of sp³-hybridized carbons (Fsp3) is 0.393. The molecule has 1 amide bonds. The lowest BCUT2D eigenvalue weighted by Crippen LogP contribution is -2.38. The SMILES string of the molecule is COC(=O)[C@@H]1C[C@H](NC(=O)Cc2c(C)nn(-c3ccccc3)c2C)CN1Cc1cc(C)ccc1C. The molecule has 2 aromatic carbocycles. The molecule has 2 heterocycles. The van der Waals surface area contributed by atoms with Crippen LogP contribution in [0.25, 0.3) is 5.69 Å². The first-order chi connectivity index (χ1) is 16.8. The third-order valence-corrected chi connectivity index (χ3v) is 6.90. The highest BCUT2D eigenvalue weighted by atomic mass is 16.5. The number of para-hydroxylation sites is 1. The number of nitrogens with one attached hydrogen (secondary N) is 1. The van der Waals surface area contributed by atoms with E-state index >= 15 is 0 Å². The Labute approximate surface area is 207 Å². The summed E-state index contributed by atoms with van der Waals surface area (Å²) in [6, 6.07) is 15.8. The zero-order valence-electron chi connectivity index (χ0n) is 21.2. The minimum atomic E-state index is -0.380. The largest absolute Gasteiger partial charge is 0.468 e. The second kappa shape index (κ2) is 10.4. The number of hydrogen-bond acceptors (Lipinski definition) is 5. The maximum absolute atomic E-state index is 13.0. The van der Waals surface area contributed by atoms with E-state index in [1.54, 1.807) is 0 Å². The van der Waals surface area contributed by atoms with Crippen molar-refractivity contribution >= 4 is 11.9 Å². The van der Waals surface area contributed by atoms with Gasteiger partial charge in [0.25, 0.3) is 0 Å². The van der Waals surface area contributed by atoms with Gasteiger partial charge < -0.3 is 10.1 Å². The second-order valence-corrected chi connectivity index (χ2v) is 9.47. The van der Waals surface area contributed by atoms with Gasteiger partial charge >= 0.3 is 5.97 Å². The number of carbonyl (C=O) groups excluding carboxylic acids is 2. The number of aromatic nitrogens is 2. The minimum absolute atomic E-state index is 0.0639. The van der Waals surface area contributed by atoms with Crippen LogP contribution in [0.3, 0.4) is 0 Å². The van der Waals surface area contributed by atoms with Crippen LogP contribution in [-0.2, 0) is 27.3 Å². The Hall–Kier alpha value is -3.45. The molecule has 1 aliphatic heterocycles. The van der Waals surface area contributed by atoms with E-state index in [9.17, 15) is 9.59 Å². The van der Waals surface area contributed by atoms with Gasteiger partial charge in [-0.2, -0.15) is 5.10 Å². The van der Waals surface area contributed by atoms with E-state index in [0.29, 0.717) is 19.5 Å². The number of methoxy groups -OCH3 is 1. The van der Waals surface area contributed by atoms with Crippen LogP contribution in [0.4, 0.5) is 0 Å². The highest BCUT2D eigenvalue weighted by Crippen LogP contribution is 2.24. The first kappa shape index (κ1) is 24.7. The summed E-state index contributed by atoms with van der Waals surface area (Å²) in [6.45, 7) is 9.31. The highest BCUT2D eigenvalue weighted by molar-refractivity contribution is 5.80. The van der Waals surface area contributed by atoms with Crippen molar-refractivity contribution < 1.29 is 14.3 Å². The first-order valence-corrected chi connectivity index (χ1v) is 12.0. The molecule has 1 fully saturated rings. The van der Waals surface area contributed by atoms with E-state index in [4.69, 9.17) is 4.74 Å². The van der Waals surface area contributed by atoms with Crippen molar-refractivity contribution in [2.24, 2.45) is 0 Å². The van der Waals surface area contributed by atoms with Crippen molar-refractivity contribution in [2.45, 2.75) is 59.2 Å². The summed E-state index contributed by atoms with van der Waals surface area (Å²) in [6.07, 6.45) is 0.783. The summed E-state index contributed by atoms with van der Waals surface area (Å²) >= 11 is 0. The molecule has 0 aliphatic carbocycles. The van der Waals surface area contributed by atoms with Gasteiger partial charge in [-0.15, -0.1) is 0 Å². The molecule has 0 saturated carbocycles. The quantitative estimate of drug-likeness (QED) is 0.530. The van der Waals surface area contributed by atoms with Crippen LogP contribution in [0.1, 0.15) is 40.1 Å². The van der Waals surface area contributed by atoms with E-state index < -0.39 is 0 Å². The summed E-state index contributed by atoms with van der Waals surface area (Å²) in [5.41, 5.74) is 7.26. The molecule has 35 heavy (non-hydrogen) atoms. The van der Waals surface area contributed by atoms with Gasteiger partial charge in [-0.25, -0.2) is 4.68 Å².